The molecule has 0 saturated heterocycles. The average molecular weight is 420 g/mol. The van der Waals surface area contributed by atoms with Gasteiger partial charge in [0.15, 0.2) is 16.6 Å². The quantitative estimate of drug-likeness (QED) is 0.576. The van der Waals surface area contributed by atoms with Crippen molar-refractivity contribution in [2.45, 2.75) is 19.9 Å². The van der Waals surface area contributed by atoms with Crippen LogP contribution >= 0.6 is 12.2 Å². The summed E-state index contributed by atoms with van der Waals surface area (Å²) in [6.07, 6.45) is 0.965. The van der Waals surface area contributed by atoms with Gasteiger partial charge in [0.05, 0.1) is 13.7 Å². The van der Waals surface area contributed by atoms with Gasteiger partial charge >= 0.3 is 0 Å². The van der Waals surface area contributed by atoms with Gasteiger partial charge in [-0.3, -0.25) is 0 Å². The molecule has 0 heterocycles. The van der Waals surface area contributed by atoms with Crippen LogP contribution in [0.2, 0.25) is 0 Å². The van der Waals surface area contributed by atoms with Crippen molar-refractivity contribution in [3.8, 4) is 11.5 Å². The highest BCUT2D eigenvalue weighted by atomic mass is 32.1. The zero-order valence-corrected chi connectivity index (χ0v) is 18.4. The molecule has 2 aromatic carbocycles. The van der Waals surface area contributed by atoms with Gasteiger partial charge in [-0.05, 0) is 88.2 Å². The Hall–Kier alpha value is -2.38. The van der Waals surface area contributed by atoms with Crippen LogP contribution in [0.15, 0.2) is 42.5 Å². The predicted octanol–water partition coefficient (Wildman–Crippen LogP) is 4.38. The zero-order valence-electron chi connectivity index (χ0n) is 17.6. The molecule has 0 saturated carbocycles. The Morgan fingerprint density at radius 3 is 2.41 bits per heavy atom. The fraction of sp³-hybridized carbons (Fsp3) is 0.409. The lowest BCUT2D eigenvalue weighted by molar-refractivity contribution is 0.309. The van der Waals surface area contributed by atoms with Crippen molar-refractivity contribution in [1.82, 2.24) is 9.80 Å². The third-order valence-corrected chi connectivity index (χ3v) is 4.68. The lowest BCUT2D eigenvalue weighted by atomic mass is 10.2. The number of hydrogen-bond acceptors (Lipinski definition) is 4. The minimum atomic E-state index is -0.272. The molecule has 0 fully saturated rings. The topological polar surface area (TPSA) is 37.0 Å². The van der Waals surface area contributed by atoms with Gasteiger partial charge in [0.2, 0.25) is 0 Å². The Bertz CT molecular complexity index is 784. The van der Waals surface area contributed by atoms with Gasteiger partial charge < -0.3 is 24.6 Å². The lowest BCUT2D eigenvalue weighted by Crippen LogP contribution is -2.36. The molecular formula is C22H30FN3O2S. The molecule has 0 aliphatic heterocycles. The number of rotatable bonds is 10. The molecule has 0 spiro atoms. The molecule has 5 nitrogen and oxygen atoms in total. The molecule has 2 aromatic rings. The molecule has 0 radical (unpaired) electrons. The predicted molar refractivity (Wildman–Crippen MR) is 120 cm³/mol. The van der Waals surface area contributed by atoms with Gasteiger partial charge in [0.25, 0.3) is 0 Å². The Morgan fingerprint density at radius 1 is 1.07 bits per heavy atom. The minimum Gasteiger partial charge on any atom is -0.493 e. The van der Waals surface area contributed by atoms with Crippen molar-refractivity contribution in [3.63, 3.8) is 0 Å². The van der Waals surface area contributed by atoms with E-state index in [-0.39, 0.29) is 5.82 Å². The number of thiocarbonyl (C=S) groups is 1. The highest BCUT2D eigenvalue weighted by Crippen LogP contribution is 2.28. The van der Waals surface area contributed by atoms with Gasteiger partial charge in [-0.15, -0.1) is 0 Å². The minimum absolute atomic E-state index is 0.272. The van der Waals surface area contributed by atoms with E-state index in [1.54, 1.807) is 19.2 Å². The van der Waals surface area contributed by atoms with Gasteiger partial charge in [-0.25, -0.2) is 4.39 Å². The van der Waals surface area contributed by atoms with Crippen molar-refractivity contribution in [3.05, 3.63) is 53.8 Å². The first kappa shape index (κ1) is 22.9. The zero-order chi connectivity index (χ0) is 21.2. The van der Waals surface area contributed by atoms with Crippen molar-refractivity contribution in [2.75, 3.05) is 46.2 Å². The maximum Gasteiger partial charge on any atom is 0.173 e. The van der Waals surface area contributed by atoms with Crippen LogP contribution in [0.1, 0.15) is 18.9 Å². The summed E-state index contributed by atoms with van der Waals surface area (Å²) in [4.78, 5) is 4.26. The van der Waals surface area contributed by atoms with Crippen LogP contribution in [0.4, 0.5) is 10.1 Å². The van der Waals surface area contributed by atoms with Crippen LogP contribution in [0.3, 0.4) is 0 Å². The normalized spacial score (nSPS) is 10.7. The molecule has 0 aliphatic rings. The number of hydrogen-bond donors (Lipinski definition) is 1. The first-order valence-electron chi connectivity index (χ1n) is 9.69. The van der Waals surface area contributed by atoms with Crippen LogP contribution in [0.5, 0.6) is 11.5 Å². The summed E-state index contributed by atoms with van der Waals surface area (Å²) in [6.45, 7) is 4.91. The van der Waals surface area contributed by atoms with Gasteiger partial charge in [0.1, 0.15) is 5.82 Å². The number of nitrogens with zero attached hydrogens (tertiary/aromatic N) is 2. The van der Waals surface area contributed by atoms with Crippen LogP contribution < -0.4 is 14.8 Å². The Kier molecular flexibility index (Phi) is 9.15. The van der Waals surface area contributed by atoms with E-state index in [1.807, 2.05) is 25.1 Å². The second-order valence-electron chi connectivity index (χ2n) is 6.93. The monoisotopic (exact) mass is 419 g/mol. The fourth-order valence-electron chi connectivity index (χ4n) is 2.87. The smallest absolute Gasteiger partial charge is 0.173 e. The highest BCUT2D eigenvalue weighted by Gasteiger charge is 2.13. The highest BCUT2D eigenvalue weighted by molar-refractivity contribution is 7.80. The third kappa shape index (κ3) is 7.51. The molecule has 2 rings (SSSR count). The molecule has 0 amide bonds. The number of ether oxygens (including phenoxy) is 2. The largest absolute Gasteiger partial charge is 0.493 e. The van der Waals surface area contributed by atoms with E-state index < -0.39 is 0 Å². The number of methoxy groups -OCH3 is 1. The summed E-state index contributed by atoms with van der Waals surface area (Å²) in [5.74, 6) is 1.16. The van der Waals surface area contributed by atoms with Crippen molar-refractivity contribution in [2.24, 2.45) is 0 Å². The first-order valence-corrected chi connectivity index (χ1v) is 10.1. The van der Waals surface area contributed by atoms with E-state index in [0.29, 0.717) is 24.0 Å². The van der Waals surface area contributed by atoms with E-state index in [1.165, 1.54) is 12.1 Å². The van der Waals surface area contributed by atoms with E-state index in [9.17, 15) is 4.39 Å². The summed E-state index contributed by atoms with van der Waals surface area (Å²) in [5, 5.41) is 3.81. The Morgan fingerprint density at radius 2 is 1.79 bits per heavy atom. The standard InChI is InChI=1S/C22H30FN3O2S/c1-5-28-20-12-7-17(15-21(20)27-4)16-26(14-6-13-25(2)3)22(29)24-19-10-8-18(23)9-11-19/h7-12,15H,5-6,13-14,16H2,1-4H3,(H,24,29). The summed E-state index contributed by atoms with van der Waals surface area (Å²) >= 11 is 5.65. The Labute approximate surface area is 178 Å². The van der Waals surface area contributed by atoms with E-state index in [2.05, 4.69) is 29.2 Å². The van der Waals surface area contributed by atoms with Crippen molar-refractivity contribution >= 4 is 23.0 Å². The second-order valence-corrected chi connectivity index (χ2v) is 7.32. The second kappa shape index (κ2) is 11.6. The molecule has 7 heteroatoms. The number of anilines is 1. The number of benzene rings is 2. The molecule has 1 N–H and O–H groups in total. The van der Waals surface area contributed by atoms with Crippen LogP contribution in [0, 0.1) is 5.82 Å². The van der Waals surface area contributed by atoms with Crippen LogP contribution in [0.25, 0.3) is 0 Å². The average Bonchev–Trinajstić information content (AvgIpc) is 2.69. The van der Waals surface area contributed by atoms with Crippen LogP contribution in [-0.4, -0.2) is 55.8 Å². The molecule has 0 unspecified atom stereocenters. The lowest BCUT2D eigenvalue weighted by Gasteiger charge is -2.27. The molecule has 0 bridgehead atoms. The first-order chi connectivity index (χ1) is 13.9. The van der Waals surface area contributed by atoms with Gasteiger partial charge in [-0.1, -0.05) is 6.07 Å². The van der Waals surface area contributed by atoms with E-state index >= 15 is 0 Å². The summed E-state index contributed by atoms with van der Waals surface area (Å²) < 4.78 is 24.2. The molecule has 158 valence electrons. The van der Waals surface area contributed by atoms with Gasteiger partial charge in [0, 0.05) is 18.8 Å². The van der Waals surface area contributed by atoms with Crippen molar-refractivity contribution in [1.29, 1.82) is 0 Å². The molecular weight excluding hydrogens is 389 g/mol. The van der Waals surface area contributed by atoms with Crippen molar-refractivity contribution < 1.29 is 13.9 Å². The molecule has 0 aliphatic carbocycles. The molecule has 29 heavy (non-hydrogen) atoms. The molecule has 0 aromatic heterocycles. The van der Waals surface area contributed by atoms with Gasteiger partial charge in [-0.2, -0.15) is 0 Å². The SMILES string of the molecule is CCOc1ccc(CN(CCCN(C)C)C(=S)Nc2ccc(F)cc2)cc1OC. The number of nitrogens with one attached hydrogen (secondary N) is 1. The van der Waals surface area contributed by atoms with E-state index in [0.717, 1.165) is 36.5 Å². The maximum absolute atomic E-state index is 13.2. The Balaban J connectivity index is 2.14. The van der Waals surface area contributed by atoms with Crippen LogP contribution in [-0.2, 0) is 6.54 Å². The molecule has 0 atom stereocenters. The third-order valence-electron chi connectivity index (χ3n) is 4.32. The van der Waals surface area contributed by atoms with E-state index in [4.69, 9.17) is 21.7 Å². The summed E-state index contributed by atoms with van der Waals surface area (Å²) in [6, 6.07) is 12.1. The summed E-state index contributed by atoms with van der Waals surface area (Å²) in [7, 11) is 5.74. The maximum atomic E-state index is 13.2. The number of halogens is 1. The summed E-state index contributed by atoms with van der Waals surface area (Å²) in [5.41, 5.74) is 1.83. The fourth-order valence-corrected chi connectivity index (χ4v) is 3.15.